The summed E-state index contributed by atoms with van der Waals surface area (Å²) in [6, 6.07) is 17.7. The molecule has 0 aliphatic rings. The Labute approximate surface area is 110 Å². The second-order valence-corrected chi connectivity index (χ2v) is 4.92. The molecule has 0 bridgehead atoms. The predicted molar refractivity (Wildman–Crippen MR) is 77.8 cm³/mol. The molecule has 18 heavy (non-hydrogen) atoms. The molecule has 0 aliphatic carbocycles. The molecule has 0 unspecified atom stereocenters. The first-order chi connectivity index (χ1) is 8.58. The SMILES string of the molecule is CC(C)Cc1ccccc1.Cc1ccc(O)cc1. The van der Waals surface area contributed by atoms with Gasteiger partial charge in [-0.2, -0.15) is 0 Å². The summed E-state index contributed by atoms with van der Waals surface area (Å²) in [6.45, 7) is 6.47. The van der Waals surface area contributed by atoms with Crippen LogP contribution in [0, 0.1) is 12.8 Å². The van der Waals surface area contributed by atoms with Gasteiger partial charge < -0.3 is 5.11 Å². The fourth-order valence-corrected chi connectivity index (χ4v) is 1.63. The van der Waals surface area contributed by atoms with Crippen molar-refractivity contribution in [3.63, 3.8) is 0 Å². The van der Waals surface area contributed by atoms with Gasteiger partial charge in [-0.05, 0) is 37.0 Å². The number of hydrogen-bond acceptors (Lipinski definition) is 1. The Hall–Kier alpha value is -1.76. The van der Waals surface area contributed by atoms with Gasteiger partial charge in [0.05, 0.1) is 0 Å². The molecule has 1 heteroatoms. The van der Waals surface area contributed by atoms with Gasteiger partial charge in [0.1, 0.15) is 5.75 Å². The van der Waals surface area contributed by atoms with Crippen LogP contribution >= 0.6 is 0 Å². The molecule has 2 aromatic carbocycles. The van der Waals surface area contributed by atoms with E-state index in [0.717, 1.165) is 5.92 Å². The van der Waals surface area contributed by atoms with Crippen LogP contribution in [-0.2, 0) is 6.42 Å². The lowest BCUT2D eigenvalue weighted by Gasteiger charge is -2.02. The van der Waals surface area contributed by atoms with Crippen molar-refractivity contribution in [3.05, 3.63) is 65.7 Å². The average molecular weight is 242 g/mol. The van der Waals surface area contributed by atoms with Crippen molar-refractivity contribution in [1.82, 2.24) is 0 Å². The van der Waals surface area contributed by atoms with Crippen LogP contribution in [-0.4, -0.2) is 5.11 Å². The van der Waals surface area contributed by atoms with Gasteiger partial charge in [0.25, 0.3) is 0 Å². The van der Waals surface area contributed by atoms with Gasteiger partial charge >= 0.3 is 0 Å². The third-order valence-corrected chi connectivity index (χ3v) is 2.52. The van der Waals surface area contributed by atoms with E-state index in [1.54, 1.807) is 12.1 Å². The Morgan fingerprint density at radius 1 is 0.889 bits per heavy atom. The number of rotatable bonds is 2. The molecule has 0 heterocycles. The van der Waals surface area contributed by atoms with Gasteiger partial charge in [-0.25, -0.2) is 0 Å². The lowest BCUT2D eigenvalue weighted by Crippen LogP contribution is -1.92. The lowest BCUT2D eigenvalue weighted by molar-refractivity contribution is 0.475. The first-order valence-corrected chi connectivity index (χ1v) is 6.37. The highest BCUT2D eigenvalue weighted by Crippen LogP contribution is 2.07. The molecule has 0 radical (unpaired) electrons. The van der Waals surface area contributed by atoms with Gasteiger partial charge in [-0.1, -0.05) is 61.9 Å². The van der Waals surface area contributed by atoms with Crippen LogP contribution in [0.2, 0.25) is 0 Å². The summed E-state index contributed by atoms with van der Waals surface area (Å²) in [7, 11) is 0. The van der Waals surface area contributed by atoms with E-state index < -0.39 is 0 Å². The van der Waals surface area contributed by atoms with Gasteiger partial charge in [0.15, 0.2) is 0 Å². The van der Waals surface area contributed by atoms with Gasteiger partial charge in [0, 0.05) is 0 Å². The normalized spacial score (nSPS) is 9.78. The zero-order valence-corrected chi connectivity index (χ0v) is 11.4. The maximum Gasteiger partial charge on any atom is 0.115 e. The molecule has 1 N–H and O–H groups in total. The first-order valence-electron chi connectivity index (χ1n) is 6.37. The van der Waals surface area contributed by atoms with Crippen molar-refractivity contribution in [2.75, 3.05) is 0 Å². The number of aryl methyl sites for hydroxylation is 1. The van der Waals surface area contributed by atoms with Crippen LogP contribution in [0.1, 0.15) is 25.0 Å². The van der Waals surface area contributed by atoms with Crippen molar-refractivity contribution in [1.29, 1.82) is 0 Å². The fraction of sp³-hybridized carbons (Fsp3) is 0.294. The fourth-order valence-electron chi connectivity index (χ4n) is 1.63. The minimum absolute atomic E-state index is 0.329. The number of hydrogen-bond donors (Lipinski definition) is 1. The third kappa shape index (κ3) is 6.09. The van der Waals surface area contributed by atoms with E-state index in [1.165, 1.54) is 17.5 Å². The number of phenols is 1. The summed E-state index contributed by atoms with van der Waals surface area (Å²) >= 11 is 0. The summed E-state index contributed by atoms with van der Waals surface area (Å²) < 4.78 is 0. The van der Waals surface area contributed by atoms with Crippen molar-refractivity contribution in [2.45, 2.75) is 27.2 Å². The minimum atomic E-state index is 0.329. The first kappa shape index (κ1) is 14.3. The molecule has 0 atom stereocenters. The van der Waals surface area contributed by atoms with E-state index in [4.69, 9.17) is 5.11 Å². The van der Waals surface area contributed by atoms with Crippen molar-refractivity contribution < 1.29 is 5.11 Å². The third-order valence-electron chi connectivity index (χ3n) is 2.52. The molecule has 0 aromatic heterocycles. The highest BCUT2D eigenvalue weighted by Gasteiger charge is 1.94. The average Bonchev–Trinajstić information content (AvgIpc) is 2.34. The van der Waals surface area contributed by atoms with Crippen molar-refractivity contribution in [3.8, 4) is 5.75 Å². The van der Waals surface area contributed by atoms with Crippen LogP contribution in [0.4, 0.5) is 0 Å². The zero-order valence-electron chi connectivity index (χ0n) is 11.4. The second kappa shape index (κ2) is 7.54. The predicted octanol–water partition coefficient (Wildman–Crippen LogP) is 4.59. The summed E-state index contributed by atoms with van der Waals surface area (Å²) in [5.41, 5.74) is 2.61. The van der Waals surface area contributed by atoms with E-state index in [9.17, 15) is 0 Å². The summed E-state index contributed by atoms with van der Waals surface area (Å²) in [5.74, 6) is 1.10. The smallest absolute Gasteiger partial charge is 0.115 e. The molecule has 0 saturated heterocycles. The van der Waals surface area contributed by atoms with E-state index in [2.05, 4.69) is 44.2 Å². The van der Waals surface area contributed by atoms with E-state index >= 15 is 0 Å². The molecule has 0 saturated carbocycles. The van der Waals surface area contributed by atoms with E-state index in [0.29, 0.717) is 5.75 Å². The molecule has 0 spiro atoms. The van der Waals surface area contributed by atoms with Crippen LogP contribution in [0.3, 0.4) is 0 Å². The van der Waals surface area contributed by atoms with Crippen LogP contribution in [0.15, 0.2) is 54.6 Å². The quantitative estimate of drug-likeness (QED) is 0.817. The van der Waals surface area contributed by atoms with Gasteiger partial charge in [-0.15, -0.1) is 0 Å². The molecule has 1 nitrogen and oxygen atoms in total. The number of aromatic hydroxyl groups is 1. The monoisotopic (exact) mass is 242 g/mol. The molecule has 2 rings (SSSR count). The lowest BCUT2D eigenvalue weighted by atomic mass is 10.0. The maximum absolute atomic E-state index is 8.76. The highest BCUT2D eigenvalue weighted by atomic mass is 16.3. The zero-order chi connectivity index (χ0) is 13.4. The molecular formula is C17H22O. The summed E-state index contributed by atoms with van der Waals surface area (Å²) in [4.78, 5) is 0. The molecule has 0 amide bonds. The van der Waals surface area contributed by atoms with E-state index in [-0.39, 0.29) is 0 Å². The highest BCUT2D eigenvalue weighted by molar-refractivity contribution is 5.24. The number of benzene rings is 2. The Morgan fingerprint density at radius 3 is 1.89 bits per heavy atom. The Bertz CT molecular complexity index is 408. The molecule has 0 fully saturated rings. The molecule has 2 aromatic rings. The molecular weight excluding hydrogens is 220 g/mol. The van der Waals surface area contributed by atoms with Crippen LogP contribution < -0.4 is 0 Å². The Kier molecular flexibility index (Phi) is 5.99. The second-order valence-electron chi connectivity index (χ2n) is 4.92. The Balaban J connectivity index is 0.000000184. The standard InChI is InChI=1S/C10H14.C7H8O/c1-9(2)8-10-6-4-3-5-7-10;1-6-2-4-7(8)5-3-6/h3-7,9H,8H2,1-2H3;2-5,8H,1H3. The summed E-state index contributed by atoms with van der Waals surface area (Å²) in [6.07, 6.45) is 1.20. The van der Waals surface area contributed by atoms with Crippen LogP contribution in [0.25, 0.3) is 0 Å². The molecule has 0 aliphatic heterocycles. The topological polar surface area (TPSA) is 20.2 Å². The van der Waals surface area contributed by atoms with Crippen LogP contribution in [0.5, 0.6) is 5.75 Å². The Morgan fingerprint density at radius 2 is 1.44 bits per heavy atom. The summed E-state index contributed by atoms with van der Waals surface area (Å²) in [5, 5.41) is 8.76. The maximum atomic E-state index is 8.76. The number of phenolic OH excluding ortho intramolecular Hbond substituents is 1. The minimum Gasteiger partial charge on any atom is -0.508 e. The molecule has 96 valence electrons. The van der Waals surface area contributed by atoms with Gasteiger partial charge in [-0.3, -0.25) is 0 Å². The largest absolute Gasteiger partial charge is 0.508 e. The van der Waals surface area contributed by atoms with Gasteiger partial charge in [0.2, 0.25) is 0 Å². The van der Waals surface area contributed by atoms with Crippen molar-refractivity contribution in [2.24, 2.45) is 5.92 Å². The van der Waals surface area contributed by atoms with Crippen molar-refractivity contribution >= 4 is 0 Å². The van der Waals surface area contributed by atoms with E-state index in [1.807, 2.05) is 19.1 Å².